The molecule has 8 heteroatoms. The van der Waals surface area contributed by atoms with Gasteiger partial charge < -0.3 is 9.84 Å². The summed E-state index contributed by atoms with van der Waals surface area (Å²) in [6, 6.07) is 6.43. The van der Waals surface area contributed by atoms with E-state index in [1.165, 1.54) is 12.1 Å². The zero-order valence-corrected chi connectivity index (χ0v) is 11.2. The van der Waals surface area contributed by atoms with Gasteiger partial charge in [0.2, 0.25) is 0 Å². The fourth-order valence-electron chi connectivity index (χ4n) is 1.32. The van der Waals surface area contributed by atoms with E-state index in [4.69, 9.17) is 5.11 Å². The molecule has 0 fully saturated rings. The number of benzene rings is 1. The molecule has 0 aliphatic carbocycles. The van der Waals surface area contributed by atoms with Crippen LogP contribution >= 0.6 is 0 Å². The fourth-order valence-corrected chi connectivity index (χ4v) is 2.10. The van der Waals surface area contributed by atoms with Crippen LogP contribution < -0.4 is 9.44 Å². The van der Waals surface area contributed by atoms with Gasteiger partial charge in [-0.05, 0) is 31.0 Å². The Morgan fingerprint density at radius 2 is 1.95 bits per heavy atom. The summed E-state index contributed by atoms with van der Waals surface area (Å²) < 4.78 is 31.4. The summed E-state index contributed by atoms with van der Waals surface area (Å²) in [5.41, 5.74) is 1.18. The van der Waals surface area contributed by atoms with Crippen molar-refractivity contribution >= 4 is 22.0 Å². The SMILES string of the molecule is CCOC(=O)NS(=O)(=O)Nc1ccc(CCO)cc1. The normalized spacial score (nSPS) is 10.8. The number of ether oxygens (including phenoxy) is 1. The number of amides is 1. The molecule has 0 aromatic heterocycles. The van der Waals surface area contributed by atoms with E-state index in [9.17, 15) is 13.2 Å². The van der Waals surface area contributed by atoms with Gasteiger partial charge >= 0.3 is 16.3 Å². The van der Waals surface area contributed by atoms with Crippen molar-refractivity contribution < 1.29 is 23.1 Å². The highest BCUT2D eigenvalue weighted by atomic mass is 32.2. The molecule has 0 radical (unpaired) electrons. The molecule has 7 nitrogen and oxygen atoms in total. The molecule has 1 amide bonds. The maximum absolute atomic E-state index is 11.5. The summed E-state index contributed by atoms with van der Waals surface area (Å²) in [5.74, 6) is 0. The lowest BCUT2D eigenvalue weighted by Crippen LogP contribution is -2.35. The van der Waals surface area contributed by atoms with Crippen LogP contribution in [0.3, 0.4) is 0 Å². The van der Waals surface area contributed by atoms with Gasteiger partial charge in [0.1, 0.15) is 0 Å². The Morgan fingerprint density at radius 1 is 1.32 bits per heavy atom. The van der Waals surface area contributed by atoms with Crippen molar-refractivity contribution in [3.05, 3.63) is 29.8 Å². The number of carbonyl (C=O) groups is 1. The molecule has 0 atom stereocenters. The second-order valence-corrected chi connectivity index (χ2v) is 5.01. The molecule has 0 bridgehead atoms. The van der Waals surface area contributed by atoms with Crippen LogP contribution in [0.4, 0.5) is 10.5 Å². The number of nitrogens with one attached hydrogen (secondary N) is 2. The summed E-state index contributed by atoms with van der Waals surface area (Å²) in [6.45, 7) is 1.67. The topological polar surface area (TPSA) is 105 Å². The van der Waals surface area contributed by atoms with E-state index in [2.05, 4.69) is 9.46 Å². The molecule has 0 unspecified atom stereocenters. The Hall–Kier alpha value is -1.80. The van der Waals surface area contributed by atoms with E-state index in [-0.39, 0.29) is 13.2 Å². The highest BCUT2D eigenvalue weighted by Gasteiger charge is 2.14. The van der Waals surface area contributed by atoms with Crippen molar-refractivity contribution in [3.63, 3.8) is 0 Å². The summed E-state index contributed by atoms with van der Waals surface area (Å²) in [6.07, 6.45) is -0.541. The van der Waals surface area contributed by atoms with Gasteiger partial charge in [0.15, 0.2) is 0 Å². The van der Waals surface area contributed by atoms with Gasteiger partial charge in [-0.25, -0.2) is 9.52 Å². The lowest BCUT2D eigenvalue weighted by atomic mass is 10.1. The van der Waals surface area contributed by atoms with Crippen molar-refractivity contribution in [3.8, 4) is 0 Å². The molecule has 19 heavy (non-hydrogen) atoms. The summed E-state index contributed by atoms with van der Waals surface area (Å²) in [5, 5.41) is 8.75. The molecular weight excluding hydrogens is 272 g/mol. The number of rotatable bonds is 6. The quantitative estimate of drug-likeness (QED) is 0.712. The standard InChI is InChI=1S/C11H16N2O5S/c1-2-18-11(15)13-19(16,17)12-10-5-3-9(4-6-10)7-8-14/h3-6,12,14H,2,7-8H2,1H3,(H,13,15). The number of aliphatic hydroxyl groups excluding tert-OH is 1. The molecule has 1 aromatic carbocycles. The first-order chi connectivity index (χ1) is 8.96. The predicted molar refractivity (Wildman–Crippen MR) is 69.9 cm³/mol. The largest absolute Gasteiger partial charge is 0.449 e. The van der Waals surface area contributed by atoms with Gasteiger partial charge in [0.25, 0.3) is 0 Å². The Kier molecular flexibility index (Phi) is 5.58. The molecule has 0 aliphatic rings. The van der Waals surface area contributed by atoms with Crippen LogP contribution in [-0.2, 0) is 21.4 Å². The zero-order chi connectivity index (χ0) is 14.3. The molecule has 0 saturated carbocycles. The molecule has 1 rings (SSSR count). The van der Waals surface area contributed by atoms with E-state index in [1.807, 2.05) is 0 Å². The first-order valence-corrected chi connectivity index (χ1v) is 7.12. The average Bonchev–Trinajstić information content (AvgIpc) is 2.31. The van der Waals surface area contributed by atoms with Crippen LogP contribution in [0.5, 0.6) is 0 Å². The molecule has 1 aromatic rings. The van der Waals surface area contributed by atoms with Crippen LogP contribution in [0.15, 0.2) is 24.3 Å². The number of carbonyl (C=O) groups excluding carboxylic acids is 1. The number of aliphatic hydroxyl groups is 1. The van der Waals surface area contributed by atoms with Crippen LogP contribution in [0.1, 0.15) is 12.5 Å². The molecule has 0 saturated heterocycles. The maximum Gasteiger partial charge on any atom is 0.422 e. The van der Waals surface area contributed by atoms with Crippen molar-refractivity contribution in [1.29, 1.82) is 0 Å². The summed E-state index contributed by atoms with van der Waals surface area (Å²) in [7, 11) is -4.01. The number of hydrogen-bond donors (Lipinski definition) is 3. The Balaban J connectivity index is 2.64. The molecule has 0 aliphatic heterocycles. The van der Waals surface area contributed by atoms with E-state index < -0.39 is 16.3 Å². The molecule has 3 N–H and O–H groups in total. The molecule has 0 spiro atoms. The third kappa shape index (κ3) is 5.58. The van der Waals surface area contributed by atoms with Crippen molar-refractivity contribution in [1.82, 2.24) is 4.72 Å². The van der Waals surface area contributed by atoms with Crippen LogP contribution in [0, 0.1) is 0 Å². The minimum absolute atomic E-state index is 0.0233. The van der Waals surface area contributed by atoms with E-state index in [0.29, 0.717) is 12.1 Å². The Bertz CT molecular complexity index is 512. The van der Waals surface area contributed by atoms with Crippen LogP contribution in [0.2, 0.25) is 0 Å². The first-order valence-electron chi connectivity index (χ1n) is 5.64. The van der Waals surface area contributed by atoms with Crippen LogP contribution in [0.25, 0.3) is 0 Å². The smallest absolute Gasteiger partial charge is 0.422 e. The molecular formula is C11H16N2O5S. The summed E-state index contributed by atoms with van der Waals surface area (Å²) in [4.78, 5) is 11.0. The number of hydrogen-bond acceptors (Lipinski definition) is 5. The molecule has 106 valence electrons. The van der Waals surface area contributed by atoms with Gasteiger partial charge in [0, 0.05) is 6.61 Å². The highest BCUT2D eigenvalue weighted by Crippen LogP contribution is 2.11. The molecule has 0 heterocycles. The van der Waals surface area contributed by atoms with Gasteiger partial charge in [0.05, 0.1) is 12.3 Å². The van der Waals surface area contributed by atoms with Gasteiger partial charge in [-0.3, -0.25) is 4.72 Å². The first kappa shape index (κ1) is 15.3. The maximum atomic E-state index is 11.5. The second kappa shape index (κ2) is 6.95. The van der Waals surface area contributed by atoms with Gasteiger partial charge in [-0.2, -0.15) is 8.42 Å². The lowest BCUT2D eigenvalue weighted by molar-refractivity contribution is 0.159. The average molecular weight is 288 g/mol. The van der Waals surface area contributed by atoms with Gasteiger partial charge in [-0.1, -0.05) is 12.1 Å². The third-order valence-electron chi connectivity index (χ3n) is 2.10. The third-order valence-corrected chi connectivity index (χ3v) is 3.04. The monoisotopic (exact) mass is 288 g/mol. The Labute approximate surface area is 111 Å². The minimum atomic E-state index is -4.01. The van der Waals surface area contributed by atoms with E-state index in [1.54, 1.807) is 23.8 Å². The minimum Gasteiger partial charge on any atom is -0.449 e. The number of anilines is 1. The van der Waals surface area contributed by atoms with Crippen LogP contribution in [-0.4, -0.2) is 32.8 Å². The van der Waals surface area contributed by atoms with Crippen molar-refractivity contribution in [2.75, 3.05) is 17.9 Å². The van der Waals surface area contributed by atoms with E-state index in [0.717, 1.165) is 5.56 Å². The summed E-state index contributed by atoms with van der Waals surface area (Å²) >= 11 is 0. The highest BCUT2D eigenvalue weighted by molar-refractivity contribution is 7.91. The van der Waals surface area contributed by atoms with Crippen molar-refractivity contribution in [2.45, 2.75) is 13.3 Å². The Morgan fingerprint density at radius 3 is 2.47 bits per heavy atom. The fraction of sp³-hybridized carbons (Fsp3) is 0.364. The second-order valence-electron chi connectivity index (χ2n) is 3.60. The lowest BCUT2D eigenvalue weighted by Gasteiger charge is -2.09. The predicted octanol–water partition coefficient (Wildman–Crippen LogP) is 0.624. The van der Waals surface area contributed by atoms with Crippen molar-refractivity contribution in [2.24, 2.45) is 0 Å². The zero-order valence-electron chi connectivity index (χ0n) is 10.4. The van der Waals surface area contributed by atoms with E-state index >= 15 is 0 Å². The van der Waals surface area contributed by atoms with Gasteiger partial charge in [-0.15, -0.1) is 0 Å².